The van der Waals surface area contributed by atoms with E-state index in [0.29, 0.717) is 17.6 Å². The quantitative estimate of drug-likeness (QED) is 0.872. The van der Waals surface area contributed by atoms with Crippen LogP contribution in [0.3, 0.4) is 0 Å². The molecule has 1 saturated heterocycles. The van der Waals surface area contributed by atoms with E-state index in [9.17, 15) is 9.90 Å². The third-order valence-electron chi connectivity index (χ3n) is 4.11. The fourth-order valence-electron chi connectivity index (χ4n) is 3.13. The molecule has 1 aliphatic heterocycles. The van der Waals surface area contributed by atoms with Gasteiger partial charge in [0.1, 0.15) is 5.58 Å². The highest BCUT2D eigenvalue weighted by Gasteiger charge is 2.28. The van der Waals surface area contributed by atoms with Gasteiger partial charge >= 0.3 is 5.63 Å². The third kappa shape index (κ3) is 2.00. The average Bonchev–Trinajstić information content (AvgIpc) is 2.93. The maximum Gasteiger partial charge on any atom is 0.341 e. The van der Waals surface area contributed by atoms with Crippen molar-refractivity contribution in [2.24, 2.45) is 0 Å². The number of aliphatic hydroxyl groups is 1. The maximum atomic E-state index is 12.2. The SMILES string of the molecule is CCc1c(N2CCCC2CO)c2ccccc2oc1=O. The highest BCUT2D eigenvalue weighted by Crippen LogP contribution is 2.34. The summed E-state index contributed by atoms with van der Waals surface area (Å²) in [7, 11) is 0. The first-order valence-corrected chi connectivity index (χ1v) is 7.18. The zero-order chi connectivity index (χ0) is 14.1. The summed E-state index contributed by atoms with van der Waals surface area (Å²) in [5.74, 6) is 0. The van der Waals surface area contributed by atoms with Crippen LogP contribution in [0.5, 0.6) is 0 Å². The minimum absolute atomic E-state index is 0.102. The van der Waals surface area contributed by atoms with E-state index >= 15 is 0 Å². The number of hydrogen-bond acceptors (Lipinski definition) is 4. The molecule has 1 atom stereocenters. The molecule has 4 heteroatoms. The molecule has 1 aromatic carbocycles. The largest absolute Gasteiger partial charge is 0.422 e. The summed E-state index contributed by atoms with van der Waals surface area (Å²) in [6.45, 7) is 2.97. The van der Waals surface area contributed by atoms with Gasteiger partial charge in [-0.2, -0.15) is 0 Å². The summed E-state index contributed by atoms with van der Waals surface area (Å²) in [5.41, 5.74) is 2.03. The van der Waals surface area contributed by atoms with Gasteiger partial charge in [0.25, 0.3) is 0 Å². The van der Waals surface area contributed by atoms with E-state index < -0.39 is 0 Å². The minimum atomic E-state index is -0.259. The van der Waals surface area contributed by atoms with Gasteiger partial charge in [-0.3, -0.25) is 0 Å². The number of fused-ring (bicyclic) bond motifs is 1. The van der Waals surface area contributed by atoms with Gasteiger partial charge < -0.3 is 14.4 Å². The van der Waals surface area contributed by atoms with Crippen molar-refractivity contribution in [2.45, 2.75) is 32.2 Å². The van der Waals surface area contributed by atoms with E-state index in [2.05, 4.69) is 4.90 Å². The highest BCUT2D eigenvalue weighted by atomic mass is 16.4. The number of benzene rings is 1. The van der Waals surface area contributed by atoms with Crippen molar-refractivity contribution in [1.29, 1.82) is 0 Å². The minimum Gasteiger partial charge on any atom is -0.422 e. The van der Waals surface area contributed by atoms with Crippen LogP contribution in [0.1, 0.15) is 25.3 Å². The van der Waals surface area contributed by atoms with Gasteiger partial charge in [0.2, 0.25) is 0 Å². The lowest BCUT2D eigenvalue weighted by atomic mass is 10.1. The zero-order valence-electron chi connectivity index (χ0n) is 11.6. The van der Waals surface area contributed by atoms with E-state index in [-0.39, 0.29) is 18.3 Å². The van der Waals surface area contributed by atoms with Crippen molar-refractivity contribution in [3.63, 3.8) is 0 Å². The number of anilines is 1. The molecule has 3 rings (SSSR count). The Bertz CT molecular complexity index is 677. The van der Waals surface area contributed by atoms with Crippen LogP contribution in [-0.2, 0) is 6.42 Å². The smallest absolute Gasteiger partial charge is 0.341 e. The molecule has 106 valence electrons. The molecule has 20 heavy (non-hydrogen) atoms. The Morgan fingerprint density at radius 3 is 2.95 bits per heavy atom. The van der Waals surface area contributed by atoms with Crippen molar-refractivity contribution < 1.29 is 9.52 Å². The van der Waals surface area contributed by atoms with Gasteiger partial charge in [-0.1, -0.05) is 19.1 Å². The Kier molecular flexibility index (Phi) is 3.49. The predicted molar refractivity (Wildman–Crippen MR) is 79.3 cm³/mol. The number of hydrogen-bond donors (Lipinski definition) is 1. The van der Waals surface area contributed by atoms with E-state index in [1.54, 1.807) is 0 Å². The van der Waals surface area contributed by atoms with Crippen molar-refractivity contribution in [3.8, 4) is 0 Å². The molecule has 0 radical (unpaired) electrons. The molecule has 0 bridgehead atoms. The van der Waals surface area contributed by atoms with Gasteiger partial charge in [0, 0.05) is 11.9 Å². The van der Waals surface area contributed by atoms with Crippen LogP contribution < -0.4 is 10.5 Å². The molecule has 0 aliphatic carbocycles. The van der Waals surface area contributed by atoms with Crippen LogP contribution in [0.15, 0.2) is 33.5 Å². The van der Waals surface area contributed by atoms with Gasteiger partial charge in [-0.15, -0.1) is 0 Å². The number of aliphatic hydroxyl groups excluding tert-OH is 1. The average molecular weight is 273 g/mol. The van der Waals surface area contributed by atoms with Gasteiger partial charge in [0.15, 0.2) is 0 Å². The fraction of sp³-hybridized carbons (Fsp3) is 0.438. The molecule has 1 N–H and O–H groups in total. The van der Waals surface area contributed by atoms with Crippen LogP contribution >= 0.6 is 0 Å². The van der Waals surface area contributed by atoms with E-state index in [1.165, 1.54) is 0 Å². The summed E-state index contributed by atoms with van der Waals surface area (Å²) in [4.78, 5) is 14.4. The van der Waals surface area contributed by atoms with Crippen molar-refractivity contribution in [2.75, 3.05) is 18.1 Å². The van der Waals surface area contributed by atoms with E-state index in [1.807, 2.05) is 31.2 Å². The Morgan fingerprint density at radius 2 is 2.20 bits per heavy atom. The molecule has 0 saturated carbocycles. The molecule has 1 unspecified atom stereocenters. The first-order chi connectivity index (χ1) is 9.76. The number of rotatable bonds is 3. The lowest BCUT2D eigenvalue weighted by molar-refractivity contribution is 0.266. The Labute approximate surface area is 117 Å². The molecule has 1 aliphatic rings. The summed E-state index contributed by atoms with van der Waals surface area (Å²) < 4.78 is 5.41. The number of nitrogens with zero attached hydrogens (tertiary/aromatic N) is 1. The normalized spacial score (nSPS) is 18.9. The third-order valence-corrected chi connectivity index (χ3v) is 4.11. The molecule has 2 aromatic rings. The Hall–Kier alpha value is -1.81. The molecule has 0 spiro atoms. The van der Waals surface area contributed by atoms with Gasteiger partial charge in [-0.05, 0) is 31.4 Å². The van der Waals surface area contributed by atoms with Crippen LogP contribution in [0.4, 0.5) is 5.69 Å². The lowest BCUT2D eigenvalue weighted by Crippen LogP contribution is -2.34. The molecule has 1 aromatic heterocycles. The van der Waals surface area contributed by atoms with Gasteiger partial charge in [0.05, 0.1) is 23.9 Å². The highest BCUT2D eigenvalue weighted by molar-refractivity contribution is 5.92. The molecule has 1 fully saturated rings. The Morgan fingerprint density at radius 1 is 1.40 bits per heavy atom. The second-order valence-electron chi connectivity index (χ2n) is 5.24. The first-order valence-electron chi connectivity index (χ1n) is 7.18. The molecule has 2 heterocycles. The maximum absolute atomic E-state index is 12.2. The standard InChI is InChI=1S/C16H19NO3/c1-2-12-15(17-9-5-6-11(17)10-18)13-7-3-4-8-14(13)20-16(12)19/h3-4,7-8,11,18H,2,5-6,9-10H2,1H3. The van der Waals surface area contributed by atoms with E-state index in [0.717, 1.165) is 30.5 Å². The number of para-hydroxylation sites is 1. The van der Waals surface area contributed by atoms with E-state index in [4.69, 9.17) is 4.42 Å². The molecular formula is C16H19NO3. The fourth-order valence-corrected chi connectivity index (χ4v) is 3.13. The van der Waals surface area contributed by atoms with Crippen molar-refractivity contribution >= 4 is 16.7 Å². The molecular weight excluding hydrogens is 254 g/mol. The predicted octanol–water partition coefficient (Wildman–Crippen LogP) is 2.32. The summed E-state index contributed by atoms with van der Waals surface area (Å²) in [6, 6.07) is 7.73. The van der Waals surface area contributed by atoms with Crippen LogP contribution in [0.2, 0.25) is 0 Å². The van der Waals surface area contributed by atoms with Crippen LogP contribution in [0, 0.1) is 0 Å². The van der Waals surface area contributed by atoms with Crippen LogP contribution in [-0.4, -0.2) is 24.3 Å². The summed E-state index contributed by atoms with van der Waals surface area (Å²) >= 11 is 0. The second-order valence-corrected chi connectivity index (χ2v) is 5.24. The van der Waals surface area contributed by atoms with Crippen molar-refractivity contribution in [1.82, 2.24) is 0 Å². The van der Waals surface area contributed by atoms with Gasteiger partial charge in [-0.25, -0.2) is 4.79 Å². The molecule has 4 nitrogen and oxygen atoms in total. The monoisotopic (exact) mass is 273 g/mol. The first kappa shape index (κ1) is 13.2. The lowest BCUT2D eigenvalue weighted by Gasteiger charge is -2.28. The summed E-state index contributed by atoms with van der Waals surface area (Å²) in [6.07, 6.45) is 2.65. The topological polar surface area (TPSA) is 53.7 Å². The Balaban J connectivity index is 2.28. The molecule has 0 amide bonds. The summed E-state index contributed by atoms with van der Waals surface area (Å²) in [5, 5.41) is 10.5. The van der Waals surface area contributed by atoms with Crippen LogP contribution in [0.25, 0.3) is 11.0 Å². The van der Waals surface area contributed by atoms with Crippen molar-refractivity contribution in [3.05, 3.63) is 40.2 Å². The zero-order valence-corrected chi connectivity index (χ0v) is 11.6. The second kappa shape index (κ2) is 5.29.